The Morgan fingerprint density at radius 2 is 2.00 bits per heavy atom. The smallest absolute Gasteiger partial charge is 0.275 e. The van der Waals surface area contributed by atoms with Crippen LogP contribution in [0.3, 0.4) is 0 Å². The SMILES string of the molecule is CNc1cnc(C(=O)Nc2ccc(Cl)cc2Cl)cn1. The highest BCUT2D eigenvalue weighted by atomic mass is 35.5. The molecule has 1 aromatic carbocycles. The van der Waals surface area contributed by atoms with Crippen LogP contribution in [-0.4, -0.2) is 22.9 Å². The zero-order valence-corrected chi connectivity index (χ0v) is 11.5. The average molecular weight is 297 g/mol. The first-order valence-electron chi connectivity index (χ1n) is 5.36. The number of aromatic nitrogens is 2. The van der Waals surface area contributed by atoms with Crippen molar-refractivity contribution in [3.63, 3.8) is 0 Å². The molecule has 1 amide bonds. The maximum atomic E-state index is 11.9. The molecule has 1 heterocycles. The second-order valence-corrected chi connectivity index (χ2v) is 4.46. The van der Waals surface area contributed by atoms with Crippen LogP contribution in [0.2, 0.25) is 10.0 Å². The van der Waals surface area contributed by atoms with Crippen LogP contribution in [0.1, 0.15) is 10.5 Å². The van der Waals surface area contributed by atoms with Crippen molar-refractivity contribution in [2.75, 3.05) is 17.7 Å². The number of benzene rings is 1. The highest BCUT2D eigenvalue weighted by Crippen LogP contribution is 2.25. The fraction of sp³-hybridized carbons (Fsp3) is 0.0833. The van der Waals surface area contributed by atoms with E-state index < -0.39 is 0 Å². The zero-order chi connectivity index (χ0) is 13.8. The van der Waals surface area contributed by atoms with E-state index in [1.54, 1.807) is 25.2 Å². The standard InChI is InChI=1S/C12H10Cl2N4O/c1-15-11-6-16-10(5-17-11)12(19)18-9-3-2-7(13)4-8(9)14/h2-6H,1H3,(H,15,17)(H,18,19). The summed E-state index contributed by atoms with van der Waals surface area (Å²) in [7, 11) is 1.72. The van der Waals surface area contributed by atoms with Crippen LogP contribution in [0.15, 0.2) is 30.6 Å². The van der Waals surface area contributed by atoms with Gasteiger partial charge in [-0.25, -0.2) is 9.97 Å². The van der Waals surface area contributed by atoms with Gasteiger partial charge in [-0.3, -0.25) is 4.79 Å². The quantitative estimate of drug-likeness (QED) is 0.913. The normalized spacial score (nSPS) is 10.1. The third kappa shape index (κ3) is 3.33. The highest BCUT2D eigenvalue weighted by molar-refractivity contribution is 6.36. The van der Waals surface area contributed by atoms with Gasteiger partial charge in [-0.05, 0) is 18.2 Å². The van der Waals surface area contributed by atoms with E-state index in [0.717, 1.165) is 0 Å². The fourth-order valence-corrected chi connectivity index (χ4v) is 1.81. The highest BCUT2D eigenvalue weighted by Gasteiger charge is 2.10. The summed E-state index contributed by atoms with van der Waals surface area (Å²) in [6.45, 7) is 0. The number of carbonyl (C=O) groups is 1. The van der Waals surface area contributed by atoms with Crippen molar-refractivity contribution >= 4 is 40.6 Å². The van der Waals surface area contributed by atoms with Gasteiger partial charge in [0.25, 0.3) is 5.91 Å². The maximum Gasteiger partial charge on any atom is 0.275 e. The maximum absolute atomic E-state index is 11.9. The number of halogens is 2. The summed E-state index contributed by atoms with van der Waals surface area (Å²) in [4.78, 5) is 19.9. The van der Waals surface area contributed by atoms with Crippen LogP contribution in [0.5, 0.6) is 0 Å². The molecule has 1 aromatic heterocycles. The van der Waals surface area contributed by atoms with E-state index in [0.29, 0.717) is 21.6 Å². The van der Waals surface area contributed by atoms with E-state index >= 15 is 0 Å². The van der Waals surface area contributed by atoms with Crippen LogP contribution >= 0.6 is 23.2 Å². The summed E-state index contributed by atoms with van der Waals surface area (Å²) in [6.07, 6.45) is 2.85. The minimum Gasteiger partial charge on any atom is -0.372 e. The van der Waals surface area contributed by atoms with Crippen LogP contribution < -0.4 is 10.6 Å². The molecular formula is C12H10Cl2N4O. The Hall–Kier alpha value is -1.85. The van der Waals surface area contributed by atoms with Crippen LogP contribution in [0, 0.1) is 0 Å². The molecule has 0 radical (unpaired) electrons. The molecule has 0 saturated carbocycles. The lowest BCUT2D eigenvalue weighted by atomic mass is 10.3. The van der Waals surface area contributed by atoms with E-state index in [1.807, 2.05) is 0 Å². The topological polar surface area (TPSA) is 66.9 Å². The first-order chi connectivity index (χ1) is 9.10. The van der Waals surface area contributed by atoms with Crippen molar-refractivity contribution < 1.29 is 4.79 Å². The van der Waals surface area contributed by atoms with Crippen LogP contribution in [0.4, 0.5) is 11.5 Å². The van der Waals surface area contributed by atoms with E-state index in [4.69, 9.17) is 23.2 Å². The number of anilines is 2. The molecule has 0 saturated heterocycles. The van der Waals surface area contributed by atoms with Gasteiger partial charge in [0.05, 0.1) is 23.1 Å². The molecule has 0 aliphatic heterocycles. The van der Waals surface area contributed by atoms with Gasteiger partial charge in [-0.1, -0.05) is 23.2 Å². The van der Waals surface area contributed by atoms with E-state index in [9.17, 15) is 4.79 Å². The van der Waals surface area contributed by atoms with Crippen molar-refractivity contribution in [3.05, 3.63) is 46.3 Å². The average Bonchev–Trinajstić information content (AvgIpc) is 2.42. The first-order valence-corrected chi connectivity index (χ1v) is 6.12. The molecule has 19 heavy (non-hydrogen) atoms. The predicted molar refractivity (Wildman–Crippen MR) is 76.0 cm³/mol. The lowest BCUT2D eigenvalue weighted by Gasteiger charge is -2.07. The van der Waals surface area contributed by atoms with Gasteiger partial charge in [-0.15, -0.1) is 0 Å². The molecule has 0 bridgehead atoms. The predicted octanol–water partition coefficient (Wildman–Crippen LogP) is 3.08. The van der Waals surface area contributed by atoms with Crippen molar-refractivity contribution in [3.8, 4) is 0 Å². The van der Waals surface area contributed by atoms with Crippen molar-refractivity contribution in [2.24, 2.45) is 0 Å². The molecule has 0 atom stereocenters. The number of rotatable bonds is 3. The van der Waals surface area contributed by atoms with Gasteiger partial charge in [0.1, 0.15) is 11.5 Å². The number of hydrogen-bond donors (Lipinski definition) is 2. The molecule has 7 heteroatoms. The second kappa shape index (κ2) is 5.86. The summed E-state index contributed by atoms with van der Waals surface area (Å²) in [5, 5.41) is 6.32. The Labute approximate surface area is 120 Å². The number of hydrogen-bond acceptors (Lipinski definition) is 4. The number of nitrogens with one attached hydrogen (secondary N) is 2. The summed E-state index contributed by atoms with van der Waals surface area (Å²) >= 11 is 11.7. The molecule has 0 aliphatic carbocycles. The van der Waals surface area contributed by atoms with Gasteiger partial charge >= 0.3 is 0 Å². The molecule has 0 spiro atoms. The molecule has 2 N–H and O–H groups in total. The fourth-order valence-electron chi connectivity index (χ4n) is 1.35. The minimum absolute atomic E-state index is 0.199. The monoisotopic (exact) mass is 296 g/mol. The molecule has 98 valence electrons. The van der Waals surface area contributed by atoms with Gasteiger partial charge in [0, 0.05) is 12.1 Å². The Morgan fingerprint density at radius 3 is 2.58 bits per heavy atom. The Balaban J connectivity index is 2.15. The third-order valence-electron chi connectivity index (χ3n) is 2.32. The summed E-state index contributed by atoms with van der Waals surface area (Å²) < 4.78 is 0. The van der Waals surface area contributed by atoms with Crippen molar-refractivity contribution in [2.45, 2.75) is 0 Å². The molecule has 2 rings (SSSR count). The molecule has 0 unspecified atom stereocenters. The second-order valence-electron chi connectivity index (χ2n) is 3.62. The minimum atomic E-state index is -0.389. The van der Waals surface area contributed by atoms with Crippen molar-refractivity contribution in [1.29, 1.82) is 0 Å². The largest absolute Gasteiger partial charge is 0.372 e. The molecule has 0 aliphatic rings. The third-order valence-corrected chi connectivity index (χ3v) is 2.87. The van der Waals surface area contributed by atoms with Crippen LogP contribution in [0.25, 0.3) is 0 Å². The van der Waals surface area contributed by atoms with Gasteiger partial charge in [-0.2, -0.15) is 0 Å². The number of amides is 1. The molecule has 5 nitrogen and oxygen atoms in total. The molecule has 2 aromatic rings. The van der Waals surface area contributed by atoms with E-state index in [-0.39, 0.29) is 11.6 Å². The van der Waals surface area contributed by atoms with E-state index in [1.165, 1.54) is 12.4 Å². The van der Waals surface area contributed by atoms with Gasteiger partial charge in [0.15, 0.2) is 0 Å². The lowest BCUT2D eigenvalue weighted by Crippen LogP contribution is -2.14. The Bertz CT molecular complexity index is 601. The Morgan fingerprint density at radius 1 is 1.21 bits per heavy atom. The lowest BCUT2D eigenvalue weighted by molar-refractivity contribution is 0.102. The first kappa shape index (κ1) is 13.6. The summed E-state index contributed by atoms with van der Waals surface area (Å²) in [6, 6.07) is 4.81. The van der Waals surface area contributed by atoms with E-state index in [2.05, 4.69) is 20.6 Å². The number of nitrogens with zero attached hydrogens (tertiary/aromatic N) is 2. The summed E-state index contributed by atoms with van der Waals surface area (Å²) in [5.41, 5.74) is 0.667. The zero-order valence-electron chi connectivity index (χ0n) is 9.95. The summed E-state index contributed by atoms with van der Waals surface area (Å²) in [5.74, 6) is 0.195. The Kier molecular flexibility index (Phi) is 4.19. The number of carbonyl (C=O) groups excluding carboxylic acids is 1. The van der Waals surface area contributed by atoms with Gasteiger partial charge < -0.3 is 10.6 Å². The van der Waals surface area contributed by atoms with Crippen molar-refractivity contribution in [1.82, 2.24) is 9.97 Å². The van der Waals surface area contributed by atoms with Gasteiger partial charge in [0.2, 0.25) is 0 Å². The molecule has 0 fully saturated rings. The van der Waals surface area contributed by atoms with Crippen LogP contribution in [-0.2, 0) is 0 Å². The molecular weight excluding hydrogens is 287 g/mol.